The molecule has 2 heterocycles. The highest BCUT2D eigenvalue weighted by Crippen LogP contribution is 2.29. The van der Waals surface area contributed by atoms with Gasteiger partial charge in [0.2, 0.25) is 11.8 Å². The minimum atomic E-state index is -1.65. The second-order valence-electron chi connectivity index (χ2n) is 7.22. The number of ether oxygens (including phenoxy) is 1. The van der Waals surface area contributed by atoms with Crippen LogP contribution in [0.3, 0.4) is 0 Å². The summed E-state index contributed by atoms with van der Waals surface area (Å²) < 4.78 is 21.7. The van der Waals surface area contributed by atoms with E-state index in [0.29, 0.717) is 28.6 Å². The van der Waals surface area contributed by atoms with Crippen molar-refractivity contribution in [3.63, 3.8) is 0 Å². The van der Waals surface area contributed by atoms with Crippen LogP contribution in [0.5, 0.6) is 5.88 Å². The van der Waals surface area contributed by atoms with Crippen molar-refractivity contribution in [3.8, 4) is 17.1 Å². The van der Waals surface area contributed by atoms with Crippen LogP contribution in [0.4, 0.5) is 5.95 Å². The van der Waals surface area contributed by atoms with Gasteiger partial charge in [0.1, 0.15) is 6.10 Å². The fourth-order valence-electron chi connectivity index (χ4n) is 3.36. The van der Waals surface area contributed by atoms with E-state index in [1.54, 1.807) is 30.3 Å². The third kappa shape index (κ3) is 4.18. The predicted molar refractivity (Wildman–Crippen MR) is 116 cm³/mol. The highest BCUT2D eigenvalue weighted by Gasteiger charge is 2.18. The molecule has 2 N–H and O–H groups in total. The second-order valence-corrected chi connectivity index (χ2v) is 8.43. The van der Waals surface area contributed by atoms with Crippen LogP contribution in [0.2, 0.25) is 0 Å². The van der Waals surface area contributed by atoms with Crippen molar-refractivity contribution in [2.45, 2.75) is 31.8 Å². The molecule has 4 bridgehead atoms. The van der Waals surface area contributed by atoms with Crippen molar-refractivity contribution < 1.29 is 13.7 Å². The summed E-state index contributed by atoms with van der Waals surface area (Å²) in [6.07, 6.45) is -0.322. The largest absolute Gasteiger partial charge is 0.473 e. The standard InChI is InChI=1S/C22H22N4O3S/c1-13-6-4-7-14(2)20(13)18-11-19-25-22(24-18)26-30(28)17-9-5-8-16(10-17)21(27)23-12-15(3)29-19/h4-11,15H,12H2,1-3H3,(H,23,27)(H,24,25,26)/t15-,30?/m1/s1. The van der Waals surface area contributed by atoms with E-state index >= 15 is 0 Å². The number of nitrogens with zero attached hydrogens (tertiary/aromatic N) is 2. The molecule has 1 aliphatic rings. The SMILES string of the molecule is Cc1cccc(C)c1-c1cc2nc(n1)NS(=O)c1cccc(c1)C(=O)NC[C@@H](C)O2. The van der Waals surface area contributed by atoms with Gasteiger partial charge in [-0.2, -0.15) is 4.98 Å². The molecule has 0 spiro atoms. The average molecular weight is 423 g/mol. The smallest absolute Gasteiger partial charge is 0.251 e. The van der Waals surface area contributed by atoms with Crippen molar-refractivity contribution in [2.24, 2.45) is 0 Å². The van der Waals surface area contributed by atoms with E-state index in [4.69, 9.17) is 4.74 Å². The number of hydrogen-bond donors (Lipinski definition) is 2. The van der Waals surface area contributed by atoms with Gasteiger partial charge in [0.15, 0.2) is 11.0 Å². The van der Waals surface area contributed by atoms with E-state index < -0.39 is 11.0 Å². The molecule has 3 aromatic rings. The minimum absolute atomic E-state index is 0.194. The Morgan fingerprint density at radius 2 is 1.80 bits per heavy atom. The molecule has 2 aromatic carbocycles. The fourth-order valence-corrected chi connectivity index (χ4v) is 4.17. The predicted octanol–water partition coefficient (Wildman–Crippen LogP) is 3.41. The average Bonchev–Trinajstić information content (AvgIpc) is 2.71. The number of anilines is 1. The Morgan fingerprint density at radius 3 is 2.57 bits per heavy atom. The number of carbonyl (C=O) groups excluding carboxylic acids is 1. The first-order valence-corrected chi connectivity index (χ1v) is 10.7. The monoisotopic (exact) mass is 422 g/mol. The molecule has 1 unspecified atom stereocenters. The summed E-state index contributed by atoms with van der Waals surface area (Å²) in [5, 5.41) is 2.84. The highest BCUT2D eigenvalue weighted by molar-refractivity contribution is 7.86. The van der Waals surface area contributed by atoms with Crippen LogP contribution in [-0.4, -0.2) is 32.7 Å². The summed E-state index contributed by atoms with van der Waals surface area (Å²) in [7, 11) is -1.65. The molecule has 0 aliphatic carbocycles. The van der Waals surface area contributed by atoms with Gasteiger partial charge in [0, 0.05) is 17.2 Å². The van der Waals surface area contributed by atoms with Gasteiger partial charge in [-0.1, -0.05) is 24.3 Å². The van der Waals surface area contributed by atoms with Crippen molar-refractivity contribution in [1.82, 2.24) is 15.3 Å². The third-order valence-corrected chi connectivity index (χ3v) is 5.86. The molecular formula is C22H22N4O3S. The Labute approximate surface area is 177 Å². The van der Waals surface area contributed by atoms with Crippen molar-refractivity contribution in [1.29, 1.82) is 0 Å². The Kier molecular flexibility index (Phi) is 5.50. The Hall–Kier alpha value is -3.26. The summed E-state index contributed by atoms with van der Waals surface area (Å²) >= 11 is 0. The first-order chi connectivity index (χ1) is 14.4. The lowest BCUT2D eigenvalue weighted by molar-refractivity contribution is 0.0930. The number of rotatable bonds is 1. The number of hydrogen-bond acceptors (Lipinski definition) is 5. The van der Waals surface area contributed by atoms with Gasteiger partial charge in [-0.25, -0.2) is 9.19 Å². The first kappa shape index (κ1) is 20.0. The lowest BCUT2D eigenvalue weighted by Gasteiger charge is -2.16. The van der Waals surface area contributed by atoms with Crippen LogP contribution in [0.1, 0.15) is 28.4 Å². The zero-order chi connectivity index (χ0) is 21.3. The zero-order valence-electron chi connectivity index (χ0n) is 16.9. The Balaban J connectivity index is 1.82. The van der Waals surface area contributed by atoms with Gasteiger partial charge >= 0.3 is 0 Å². The van der Waals surface area contributed by atoms with Crippen LogP contribution in [0.25, 0.3) is 11.3 Å². The molecule has 1 aliphatic heterocycles. The van der Waals surface area contributed by atoms with E-state index in [9.17, 15) is 9.00 Å². The Morgan fingerprint density at radius 1 is 1.07 bits per heavy atom. The summed E-state index contributed by atoms with van der Waals surface area (Å²) in [6, 6.07) is 14.5. The maximum absolute atomic E-state index is 12.9. The third-order valence-electron chi connectivity index (χ3n) is 4.81. The molecular weight excluding hydrogens is 400 g/mol. The van der Waals surface area contributed by atoms with Crippen LogP contribution in [0.15, 0.2) is 53.4 Å². The van der Waals surface area contributed by atoms with Gasteiger partial charge in [0.05, 0.1) is 17.1 Å². The van der Waals surface area contributed by atoms with Gasteiger partial charge in [-0.05, 0) is 50.1 Å². The molecule has 0 saturated heterocycles. The minimum Gasteiger partial charge on any atom is -0.473 e. The molecule has 0 radical (unpaired) electrons. The Bertz CT molecular complexity index is 1130. The summed E-state index contributed by atoms with van der Waals surface area (Å²) in [4.78, 5) is 21.9. The molecule has 154 valence electrons. The number of amides is 1. The second kappa shape index (κ2) is 8.23. The summed E-state index contributed by atoms with van der Waals surface area (Å²) in [5.74, 6) is 0.284. The number of nitrogens with one attached hydrogen (secondary N) is 2. The first-order valence-electron chi connectivity index (χ1n) is 9.60. The quantitative estimate of drug-likeness (QED) is 0.627. The van der Waals surface area contributed by atoms with Gasteiger partial charge in [0.25, 0.3) is 5.91 Å². The number of benzene rings is 2. The zero-order valence-corrected chi connectivity index (χ0v) is 17.7. The molecule has 0 fully saturated rings. The topological polar surface area (TPSA) is 93.2 Å². The molecule has 8 heteroatoms. The normalized spacial score (nSPS) is 18.7. The molecule has 7 nitrogen and oxygen atoms in total. The highest BCUT2D eigenvalue weighted by atomic mass is 32.2. The molecule has 0 saturated carbocycles. The van der Waals surface area contributed by atoms with Crippen LogP contribution in [-0.2, 0) is 11.0 Å². The molecule has 2 atom stereocenters. The maximum Gasteiger partial charge on any atom is 0.251 e. The molecule has 4 rings (SSSR count). The van der Waals surface area contributed by atoms with Crippen LogP contribution >= 0.6 is 0 Å². The van der Waals surface area contributed by atoms with Crippen molar-refractivity contribution >= 4 is 22.8 Å². The number of carbonyl (C=O) groups is 1. The molecule has 1 aromatic heterocycles. The van der Waals surface area contributed by atoms with Crippen LogP contribution < -0.4 is 14.8 Å². The number of fused-ring (bicyclic) bond motifs is 4. The van der Waals surface area contributed by atoms with E-state index in [-0.39, 0.29) is 18.0 Å². The van der Waals surface area contributed by atoms with Crippen molar-refractivity contribution in [3.05, 3.63) is 65.2 Å². The maximum atomic E-state index is 12.9. The van der Waals surface area contributed by atoms with Gasteiger partial charge in [-0.3, -0.25) is 9.52 Å². The van der Waals surface area contributed by atoms with E-state index in [1.165, 1.54) is 0 Å². The van der Waals surface area contributed by atoms with Crippen molar-refractivity contribution in [2.75, 3.05) is 11.3 Å². The lowest BCUT2D eigenvalue weighted by Crippen LogP contribution is -2.33. The summed E-state index contributed by atoms with van der Waals surface area (Å²) in [6.45, 7) is 6.19. The van der Waals surface area contributed by atoms with E-state index in [0.717, 1.165) is 16.7 Å². The number of aryl methyl sites for hydroxylation is 2. The summed E-state index contributed by atoms with van der Waals surface area (Å²) in [5.41, 5.74) is 4.22. The molecule has 1 amide bonds. The number of aromatic nitrogens is 2. The van der Waals surface area contributed by atoms with E-state index in [2.05, 4.69) is 20.0 Å². The lowest BCUT2D eigenvalue weighted by atomic mass is 10.00. The van der Waals surface area contributed by atoms with Gasteiger partial charge < -0.3 is 10.1 Å². The van der Waals surface area contributed by atoms with Gasteiger partial charge in [-0.15, -0.1) is 0 Å². The fraction of sp³-hybridized carbons (Fsp3) is 0.227. The van der Waals surface area contributed by atoms with Crippen LogP contribution in [0, 0.1) is 13.8 Å². The van der Waals surface area contributed by atoms with E-state index in [1.807, 2.05) is 39.0 Å². The molecule has 30 heavy (non-hydrogen) atoms.